The monoisotopic (exact) mass is 203 g/mol. The molecule has 0 saturated heterocycles. The average molecular weight is 203 g/mol. The number of methoxy groups -OCH3 is 1. The second kappa shape index (κ2) is 4.09. The summed E-state index contributed by atoms with van der Waals surface area (Å²) in [6.07, 6.45) is 0. The van der Waals surface area contributed by atoms with Crippen LogP contribution in [0.1, 0.15) is 0 Å². The second-order valence-corrected chi connectivity index (χ2v) is 3.07. The van der Waals surface area contributed by atoms with Crippen LogP contribution in [-0.2, 0) is 0 Å². The number of rotatable bonds is 2. The third-order valence-corrected chi connectivity index (χ3v) is 2.10. The van der Waals surface area contributed by atoms with Crippen LogP contribution in [0.3, 0.4) is 0 Å². The fourth-order valence-corrected chi connectivity index (χ4v) is 1.33. The zero-order chi connectivity index (χ0) is 10.7. The average Bonchev–Trinajstić information content (AvgIpc) is 2.29. The summed E-state index contributed by atoms with van der Waals surface area (Å²) in [5.41, 5.74) is 1.49. The van der Waals surface area contributed by atoms with Crippen molar-refractivity contribution in [1.29, 1.82) is 0 Å². The molecule has 0 aliphatic rings. The Morgan fingerprint density at radius 2 is 1.80 bits per heavy atom. The molecule has 0 radical (unpaired) electrons. The molecule has 0 spiro atoms. The number of hydrogen-bond donors (Lipinski definition) is 0. The minimum absolute atomic E-state index is 0.469. The van der Waals surface area contributed by atoms with Crippen LogP contribution in [0.4, 0.5) is 4.39 Å². The minimum atomic E-state index is -0.469. The van der Waals surface area contributed by atoms with Crippen molar-refractivity contribution in [2.24, 2.45) is 0 Å². The maximum absolute atomic E-state index is 12.9. The predicted octanol–water partition coefficient (Wildman–Crippen LogP) is 2.90. The number of aromatic nitrogens is 1. The van der Waals surface area contributed by atoms with Crippen LogP contribution in [0.2, 0.25) is 0 Å². The number of hydrogen-bond acceptors (Lipinski definition) is 2. The molecule has 1 aromatic carbocycles. The molecule has 0 amide bonds. The summed E-state index contributed by atoms with van der Waals surface area (Å²) >= 11 is 0. The molecule has 0 bridgehead atoms. The van der Waals surface area contributed by atoms with Gasteiger partial charge in [-0.15, -0.1) is 0 Å². The van der Waals surface area contributed by atoms with Crippen molar-refractivity contribution < 1.29 is 9.13 Å². The van der Waals surface area contributed by atoms with E-state index in [0.29, 0.717) is 5.69 Å². The molecule has 0 fully saturated rings. The van der Waals surface area contributed by atoms with Crippen LogP contribution in [0.5, 0.6) is 5.75 Å². The van der Waals surface area contributed by atoms with E-state index in [1.54, 1.807) is 19.2 Å². The predicted molar refractivity (Wildman–Crippen MR) is 56.2 cm³/mol. The minimum Gasteiger partial charge on any atom is -0.497 e. The number of benzene rings is 1. The fourth-order valence-electron chi connectivity index (χ4n) is 1.33. The van der Waals surface area contributed by atoms with Gasteiger partial charge in [0.1, 0.15) is 5.75 Å². The number of nitrogens with zero attached hydrogens (tertiary/aromatic N) is 1. The molecule has 1 aromatic heterocycles. The van der Waals surface area contributed by atoms with Gasteiger partial charge in [-0.25, -0.2) is 4.98 Å². The van der Waals surface area contributed by atoms with Gasteiger partial charge in [0.2, 0.25) is 5.95 Å². The largest absolute Gasteiger partial charge is 0.497 e. The van der Waals surface area contributed by atoms with Gasteiger partial charge in [-0.3, -0.25) is 0 Å². The Hall–Kier alpha value is -1.90. The number of pyridine rings is 1. The summed E-state index contributed by atoms with van der Waals surface area (Å²) in [7, 11) is 1.61. The Balaban J connectivity index is 2.37. The number of ether oxygens (including phenoxy) is 1. The van der Waals surface area contributed by atoms with E-state index in [0.717, 1.165) is 11.3 Å². The smallest absolute Gasteiger partial charge is 0.213 e. The summed E-state index contributed by atoms with van der Waals surface area (Å²) in [5, 5.41) is 0. The maximum atomic E-state index is 12.9. The highest BCUT2D eigenvalue weighted by molar-refractivity contribution is 5.59. The van der Waals surface area contributed by atoms with Crippen molar-refractivity contribution in [3.8, 4) is 17.0 Å². The van der Waals surface area contributed by atoms with E-state index in [2.05, 4.69) is 4.98 Å². The molecular formula is C12H10FNO. The Morgan fingerprint density at radius 1 is 1.07 bits per heavy atom. The van der Waals surface area contributed by atoms with Crippen LogP contribution in [0.25, 0.3) is 11.3 Å². The van der Waals surface area contributed by atoms with Crippen molar-refractivity contribution in [3.63, 3.8) is 0 Å². The summed E-state index contributed by atoms with van der Waals surface area (Å²) in [6.45, 7) is 0. The summed E-state index contributed by atoms with van der Waals surface area (Å²) in [5.74, 6) is 0.304. The zero-order valence-electron chi connectivity index (χ0n) is 8.27. The first kappa shape index (κ1) is 9.65. The van der Waals surface area contributed by atoms with E-state index >= 15 is 0 Å². The summed E-state index contributed by atoms with van der Waals surface area (Å²) < 4.78 is 17.9. The zero-order valence-corrected chi connectivity index (χ0v) is 8.27. The number of halogens is 1. The highest BCUT2D eigenvalue weighted by atomic mass is 19.1. The Bertz CT molecular complexity index is 453. The van der Waals surface area contributed by atoms with Gasteiger partial charge in [-0.2, -0.15) is 4.39 Å². The van der Waals surface area contributed by atoms with E-state index in [1.165, 1.54) is 6.07 Å². The normalized spacial score (nSPS) is 10.0. The lowest BCUT2D eigenvalue weighted by atomic mass is 10.1. The van der Waals surface area contributed by atoms with Crippen LogP contribution >= 0.6 is 0 Å². The van der Waals surface area contributed by atoms with Crippen LogP contribution in [0.15, 0.2) is 42.5 Å². The SMILES string of the molecule is COc1ccc(-c2cccc(F)n2)cc1. The lowest BCUT2D eigenvalue weighted by Gasteiger charge is -2.02. The molecule has 2 aromatic rings. The van der Waals surface area contributed by atoms with E-state index in [1.807, 2.05) is 24.3 Å². The van der Waals surface area contributed by atoms with E-state index in [4.69, 9.17) is 4.74 Å². The van der Waals surface area contributed by atoms with Crippen LogP contribution < -0.4 is 4.74 Å². The van der Waals surface area contributed by atoms with Crippen LogP contribution in [0, 0.1) is 5.95 Å². The highest BCUT2D eigenvalue weighted by Gasteiger charge is 2.00. The van der Waals surface area contributed by atoms with Crippen molar-refractivity contribution in [2.45, 2.75) is 0 Å². The molecular weight excluding hydrogens is 193 g/mol. The second-order valence-electron chi connectivity index (χ2n) is 3.07. The van der Waals surface area contributed by atoms with Gasteiger partial charge in [0, 0.05) is 5.56 Å². The molecule has 76 valence electrons. The first-order valence-electron chi connectivity index (χ1n) is 4.56. The highest BCUT2D eigenvalue weighted by Crippen LogP contribution is 2.20. The molecule has 0 aliphatic carbocycles. The molecule has 0 atom stereocenters. The molecule has 3 heteroatoms. The summed E-state index contributed by atoms with van der Waals surface area (Å²) in [6, 6.07) is 12.1. The third-order valence-electron chi connectivity index (χ3n) is 2.10. The Morgan fingerprint density at radius 3 is 2.40 bits per heavy atom. The lowest BCUT2D eigenvalue weighted by molar-refractivity contribution is 0.415. The molecule has 0 unspecified atom stereocenters. The van der Waals surface area contributed by atoms with Gasteiger partial charge in [0.15, 0.2) is 0 Å². The van der Waals surface area contributed by atoms with Gasteiger partial charge < -0.3 is 4.74 Å². The molecule has 0 aliphatic heterocycles. The first-order valence-corrected chi connectivity index (χ1v) is 4.56. The molecule has 0 saturated carbocycles. The van der Waals surface area contributed by atoms with Crippen molar-refractivity contribution in [3.05, 3.63) is 48.4 Å². The molecule has 1 heterocycles. The Kier molecular flexibility index (Phi) is 2.63. The topological polar surface area (TPSA) is 22.1 Å². The van der Waals surface area contributed by atoms with Gasteiger partial charge in [-0.1, -0.05) is 6.07 Å². The van der Waals surface area contributed by atoms with Crippen molar-refractivity contribution in [1.82, 2.24) is 4.98 Å². The van der Waals surface area contributed by atoms with Crippen molar-refractivity contribution >= 4 is 0 Å². The quantitative estimate of drug-likeness (QED) is 0.700. The molecule has 15 heavy (non-hydrogen) atoms. The Labute approximate surface area is 87.4 Å². The van der Waals surface area contributed by atoms with E-state index in [9.17, 15) is 4.39 Å². The first-order chi connectivity index (χ1) is 7.29. The lowest BCUT2D eigenvalue weighted by Crippen LogP contribution is -1.87. The van der Waals surface area contributed by atoms with Gasteiger partial charge in [0.25, 0.3) is 0 Å². The van der Waals surface area contributed by atoms with Gasteiger partial charge in [-0.05, 0) is 36.4 Å². The van der Waals surface area contributed by atoms with Crippen molar-refractivity contribution in [2.75, 3.05) is 7.11 Å². The molecule has 2 nitrogen and oxygen atoms in total. The maximum Gasteiger partial charge on any atom is 0.213 e. The molecule has 2 rings (SSSR count). The molecule has 0 N–H and O–H groups in total. The van der Waals surface area contributed by atoms with Gasteiger partial charge >= 0.3 is 0 Å². The van der Waals surface area contributed by atoms with E-state index in [-0.39, 0.29) is 0 Å². The van der Waals surface area contributed by atoms with Crippen LogP contribution in [-0.4, -0.2) is 12.1 Å². The standard InChI is InChI=1S/C12H10FNO/c1-15-10-7-5-9(6-8-10)11-3-2-4-12(13)14-11/h2-8H,1H3. The van der Waals surface area contributed by atoms with E-state index < -0.39 is 5.95 Å². The van der Waals surface area contributed by atoms with Gasteiger partial charge in [0.05, 0.1) is 12.8 Å². The third kappa shape index (κ3) is 2.13. The summed E-state index contributed by atoms with van der Waals surface area (Å²) in [4.78, 5) is 3.79. The fraction of sp³-hybridized carbons (Fsp3) is 0.0833.